The third-order valence-corrected chi connectivity index (χ3v) is 4.32. The molecule has 188 valence electrons. The topological polar surface area (TPSA) is 118 Å². The largest absolute Gasteiger partial charge is 0.478 e. The van der Waals surface area contributed by atoms with Crippen molar-refractivity contribution >= 4 is 17.9 Å². The van der Waals surface area contributed by atoms with E-state index < -0.39 is 17.9 Å². The minimum Gasteiger partial charge on any atom is -0.478 e. The van der Waals surface area contributed by atoms with E-state index in [9.17, 15) is 14.4 Å². The number of hydrogen-bond donors (Lipinski definition) is 1. The van der Waals surface area contributed by atoms with Gasteiger partial charge in [-0.1, -0.05) is 32.6 Å². The number of carboxylic acids is 1. The normalized spacial score (nSPS) is 12.2. The zero-order chi connectivity index (χ0) is 25.1. The van der Waals surface area contributed by atoms with Crippen LogP contribution in [0.3, 0.4) is 0 Å². The maximum absolute atomic E-state index is 12.0. The minimum atomic E-state index is -1.05. The number of ether oxygens (including phenoxy) is 5. The summed E-state index contributed by atoms with van der Waals surface area (Å²) < 4.78 is 26.7. The van der Waals surface area contributed by atoms with E-state index in [0.717, 1.165) is 12.8 Å². The van der Waals surface area contributed by atoms with Crippen molar-refractivity contribution in [2.45, 2.75) is 52.6 Å². The smallest absolute Gasteiger partial charge is 0.333 e. The fourth-order valence-corrected chi connectivity index (χ4v) is 2.30. The molecule has 0 saturated carbocycles. The second-order valence-corrected chi connectivity index (χ2v) is 7.20. The number of carbonyl (C=O) groups is 3. The van der Waals surface area contributed by atoms with Crippen LogP contribution >= 0.6 is 0 Å². The van der Waals surface area contributed by atoms with Crippen LogP contribution in [0.4, 0.5) is 0 Å². The molecule has 0 aliphatic rings. The number of allylic oxidation sites excluding steroid dienone is 1. The van der Waals surface area contributed by atoms with Crippen LogP contribution in [-0.2, 0) is 38.1 Å². The lowest BCUT2D eigenvalue weighted by Crippen LogP contribution is -2.25. The molecule has 0 bridgehead atoms. The summed E-state index contributed by atoms with van der Waals surface area (Å²) in [5.41, 5.74) is 0.621. The van der Waals surface area contributed by atoms with Crippen LogP contribution in [0.2, 0.25) is 0 Å². The Hall–Kier alpha value is -2.49. The summed E-state index contributed by atoms with van der Waals surface area (Å²) >= 11 is 0. The predicted molar refractivity (Wildman–Crippen MR) is 123 cm³/mol. The SMILES string of the molecule is C=C(CC=C(C)C(=O)O)C(=O)OCCOCCOC(COCC)CC(=C)C(=O)OCCCC. The van der Waals surface area contributed by atoms with Gasteiger partial charge in [0, 0.05) is 29.7 Å². The lowest BCUT2D eigenvalue weighted by molar-refractivity contribution is -0.141. The van der Waals surface area contributed by atoms with Crippen molar-refractivity contribution < 1.29 is 43.2 Å². The molecule has 1 unspecified atom stereocenters. The number of aliphatic carboxylic acids is 1. The monoisotopic (exact) mass is 470 g/mol. The van der Waals surface area contributed by atoms with Gasteiger partial charge < -0.3 is 28.8 Å². The molecule has 0 radical (unpaired) electrons. The second-order valence-electron chi connectivity index (χ2n) is 7.20. The molecule has 1 N–H and O–H groups in total. The van der Waals surface area contributed by atoms with Gasteiger partial charge in [0.15, 0.2) is 0 Å². The molecular weight excluding hydrogens is 432 g/mol. The molecule has 0 aromatic heterocycles. The van der Waals surface area contributed by atoms with Crippen LogP contribution in [0.15, 0.2) is 36.0 Å². The van der Waals surface area contributed by atoms with Gasteiger partial charge in [0.25, 0.3) is 0 Å². The van der Waals surface area contributed by atoms with E-state index in [1.807, 2.05) is 13.8 Å². The van der Waals surface area contributed by atoms with Gasteiger partial charge >= 0.3 is 17.9 Å². The third kappa shape index (κ3) is 15.9. The Balaban J connectivity index is 4.14. The zero-order valence-electron chi connectivity index (χ0n) is 20.1. The zero-order valence-corrected chi connectivity index (χ0v) is 20.1. The van der Waals surface area contributed by atoms with Crippen LogP contribution in [0.5, 0.6) is 0 Å². The van der Waals surface area contributed by atoms with Gasteiger partial charge in [-0.05, 0) is 26.7 Å². The minimum absolute atomic E-state index is 0.0300. The molecule has 33 heavy (non-hydrogen) atoms. The molecule has 0 fully saturated rings. The first-order valence-electron chi connectivity index (χ1n) is 11.1. The molecule has 0 aliphatic heterocycles. The molecule has 0 spiro atoms. The number of hydrogen-bond acceptors (Lipinski definition) is 8. The summed E-state index contributed by atoms with van der Waals surface area (Å²) in [6.45, 7) is 14.6. The molecule has 0 aliphatic carbocycles. The van der Waals surface area contributed by atoms with E-state index in [1.54, 1.807) is 0 Å². The van der Waals surface area contributed by atoms with Crippen LogP contribution in [-0.4, -0.2) is 75.4 Å². The van der Waals surface area contributed by atoms with Crippen molar-refractivity contribution in [3.63, 3.8) is 0 Å². The van der Waals surface area contributed by atoms with Gasteiger partial charge in [-0.2, -0.15) is 0 Å². The first kappa shape index (κ1) is 30.5. The molecule has 0 saturated heterocycles. The summed E-state index contributed by atoms with van der Waals surface area (Å²) in [6.07, 6.45) is 3.18. The molecule has 0 aromatic rings. The number of rotatable bonds is 20. The summed E-state index contributed by atoms with van der Waals surface area (Å²) in [5.74, 6) is -2.08. The van der Waals surface area contributed by atoms with Gasteiger partial charge in [0.2, 0.25) is 0 Å². The Kier molecular flexibility index (Phi) is 17.6. The Morgan fingerprint density at radius 1 is 0.909 bits per heavy atom. The van der Waals surface area contributed by atoms with E-state index in [-0.39, 0.29) is 50.1 Å². The number of esters is 2. The first-order chi connectivity index (χ1) is 15.7. The maximum Gasteiger partial charge on any atom is 0.333 e. The first-order valence-corrected chi connectivity index (χ1v) is 11.1. The quantitative estimate of drug-likeness (QED) is 0.162. The lowest BCUT2D eigenvalue weighted by Gasteiger charge is -2.18. The van der Waals surface area contributed by atoms with Crippen molar-refractivity contribution in [3.8, 4) is 0 Å². The predicted octanol–water partition coefficient (Wildman–Crippen LogP) is 3.23. The van der Waals surface area contributed by atoms with Gasteiger partial charge in [-0.3, -0.25) is 0 Å². The Morgan fingerprint density at radius 3 is 2.18 bits per heavy atom. The van der Waals surface area contributed by atoms with E-state index >= 15 is 0 Å². The second kappa shape index (κ2) is 19.0. The highest BCUT2D eigenvalue weighted by atomic mass is 16.6. The van der Waals surface area contributed by atoms with Gasteiger partial charge in [-0.25, -0.2) is 14.4 Å². The van der Waals surface area contributed by atoms with Gasteiger partial charge in [0.1, 0.15) is 6.61 Å². The van der Waals surface area contributed by atoms with Crippen LogP contribution in [0.25, 0.3) is 0 Å². The van der Waals surface area contributed by atoms with E-state index in [2.05, 4.69) is 13.2 Å². The molecule has 0 amide bonds. The number of carboxylic acid groups (broad SMARTS) is 1. The summed E-state index contributed by atoms with van der Waals surface area (Å²) in [6, 6.07) is 0. The van der Waals surface area contributed by atoms with Crippen LogP contribution < -0.4 is 0 Å². The molecule has 9 heteroatoms. The van der Waals surface area contributed by atoms with Gasteiger partial charge in [0.05, 0.1) is 39.1 Å². The van der Waals surface area contributed by atoms with Crippen molar-refractivity contribution in [3.05, 3.63) is 36.0 Å². The van der Waals surface area contributed by atoms with Crippen LogP contribution in [0, 0.1) is 0 Å². The number of unbranched alkanes of at least 4 members (excludes halogenated alkanes) is 1. The van der Waals surface area contributed by atoms with E-state index in [0.29, 0.717) is 31.8 Å². The average molecular weight is 471 g/mol. The average Bonchev–Trinajstić information content (AvgIpc) is 2.79. The third-order valence-electron chi connectivity index (χ3n) is 4.32. The molecule has 1 atom stereocenters. The molecule has 9 nitrogen and oxygen atoms in total. The van der Waals surface area contributed by atoms with Gasteiger partial charge in [-0.15, -0.1) is 0 Å². The Morgan fingerprint density at radius 2 is 1.55 bits per heavy atom. The highest BCUT2D eigenvalue weighted by molar-refractivity contribution is 5.89. The van der Waals surface area contributed by atoms with Crippen molar-refractivity contribution in [1.29, 1.82) is 0 Å². The Labute approximate surface area is 196 Å². The summed E-state index contributed by atoms with van der Waals surface area (Å²) in [5, 5.41) is 8.79. The van der Waals surface area contributed by atoms with Crippen LogP contribution in [0.1, 0.15) is 46.5 Å². The fraction of sp³-hybridized carbons (Fsp3) is 0.625. The summed E-state index contributed by atoms with van der Waals surface area (Å²) in [7, 11) is 0. The molecule has 0 aromatic carbocycles. The highest BCUT2D eigenvalue weighted by Crippen LogP contribution is 2.10. The summed E-state index contributed by atoms with van der Waals surface area (Å²) in [4.78, 5) is 34.5. The lowest BCUT2D eigenvalue weighted by atomic mass is 10.1. The standard InChI is InChI=1S/C24H38O9/c1-6-8-11-32-24(28)20(5)16-21(17-29-7-2)31-14-12-30-13-15-33-23(27)19(4)10-9-18(3)22(25)26/h9,21H,4-8,10-17H2,1-3H3,(H,25,26). The maximum atomic E-state index is 12.0. The van der Waals surface area contributed by atoms with Crippen molar-refractivity contribution in [1.82, 2.24) is 0 Å². The number of carbonyl (C=O) groups excluding carboxylic acids is 2. The van der Waals surface area contributed by atoms with E-state index in [4.69, 9.17) is 28.8 Å². The Bertz CT molecular complexity index is 667. The van der Waals surface area contributed by atoms with Crippen molar-refractivity contribution in [2.75, 3.05) is 46.2 Å². The molecule has 0 rings (SSSR count). The molecular formula is C24H38O9. The highest BCUT2D eigenvalue weighted by Gasteiger charge is 2.17. The molecule has 0 heterocycles. The van der Waals surface area contributed by atoms with Crippen molar-refractivity contribution in [2.24, 2.45) is 0 Å². The van der Waals surface area contributed by atoms with E-state index in [1.165, 1.54) is 13.0 Å². The fourth-order valence-electron chi connectivity index (χ4n) is 2.30.